The molecule has 2 aromatic carbocycles. The number of hydrogen-bond acceptors (Lipinski definition) is 4. The molecule has 1 aliphatic rings. The Bertz CT molecular complexity index is 905. The summed E-state index contributed by atoms with van der Waals surface area (Å²) in [5.41, 5.74) is 0.0862. The van der Waals surface area contributed by atoms with Gasteiger partial charge in [-0.25, -0.2) is 9.69 Å². The highest BCUT2D eigenvalue weighted by molar-refractivity contribution is 6.33. The van der Waals surface area contributed by atoms with Crippen LogP contribution in [0.2, 0.25) is 5.02 Å². The summed E-state index contributed by atoms with van der Waals surface area (Å²) in [5.74, 6) is -0.657. The molecule has 0 unspecified atom stereocenters. The lowest BCUT2D eigenvalue weighted by Crippen LogP contribution is -2.44. The summed E-state index contributed by atoms with van der Waals surface area (Å²) in [6.07, 6.45) is 0. The fourth-order valence-corrected chi connectivity index (χ4v) is 3.26. The predicted octanol–water partition coefficient (Wildman–Crippen LogP) is 2.64. The number of halogens is 1. The molecule has 1 heterocycles. The van der Waals surface area contributed by atoms with E-state index in [1.165, 1.54) is 0 Å². The van der Waals surface area contributed by atoms with Gasteiger partial charge in [-0.15, -0.1) is 0 Å². The van der Waals surface area contributed by atoms with E-state index in [0.29, 0.717) is 16.3 Å². The van der Waals surface area contributed by atoms with Crippen LogP contribution in [0.1, 0.15) is 12.5 Å². The number of carbonyl (C=O) groups excluding carboxylic acids is 3. The minimum Gasteiger partial charge on any atom is -0.324 e. The van der Waals surface area contributed by atoms with Crippen LogP contribution in [0.4, 0.5) is 10.5 Å². The summed E-state index contributed by atoms with van der Waals surface area (Å²) in [6.45, 7) is 1.65. The normalized spacial score (nSPS) is 19.1. The van der Waals surface area contributed by atoms with Crippen LogP contribution in [0, 0.1) is 0 Å². The maximum Gasteiger partial charge on any atom is 0.326 e. The molecule has 1 saturated heterocycles. The van der Waals surface area contributed by atoms with E-state index >= 15 is 0 Å². The van der Waals surface area contributed by atoms with E-state index in [0.717, 1.165) is 4.90 Å². The zero-order chi connectivity index (χ0) is 20.3. The third kappa shape index (κ3) is 4.00. The SMILES string of the molecule is CN(CC(=O)Nc1ccccc1Cl)CN1C(=O)N[C@@](C)(c2ccccc2)C1=O. The summed E-state index contributed by atoms with van der Waals surface area (Å²) in [7, 11) is 1.66. The molecule has 1 atom stereocenters. The second kappa shape index (κ2) is 8.00. The Kier molecular flexibility index (Phi) is 5.67. The molecule has 4 amide bonds. The van der Waals surface area contributed by atoms with Crippen LogP contribution in [0.25, 0.3) is 0 Å². The van der Waals surface area contributed by atoms with E-state index in [2.05, 4.69) is 10.6 Å². The molecule has 1 fully saturated rings. The summed E-state index contributed by atoms with van der Waals surface area (Å²) < 4.78 is 0. The first-order valence-electron chi connectivity index (χ1n) is 8.74. The maximum absolute atomic E-state index is 12.9. The molecule has 2 aromatic rings. The van der Waals surface area contributed by atoms with Gasteiger partial charge in [0.2, 0.25) is 5.91 Å². The Labute approximate surface area is 168 Å². The minimum absolute atomic E-state index is 0.00959. The Morgan fingerprint density at radius 1 is 1.14 bits per heavy atom. The van der Waals surface area contributed by atoms with Gasteiger partial charge < -0.3 is 10.6 Å². The second-order valence-electron chi connectivity index (χ2n) is 6.84. The van der Waals surface area contributed by atoms with Gasteiger partial charge in [-0.05, 0) is 31.7 Å². The molecule has 0 aliphatic carbocycles. The van der Waals surface area contributed by atoms with Crippen LogP contribution in [0.5, 0.6) is 0 Å². The first kappa shape index (κ1) is 19.9. The number of hydrogen-bond donors (Lipinski definition) is 2. The molecule has 2 N–H and O–H groups in total. The molecule has 0 bridgehead atoms. The van der Waals surface area contributed by atoms with Crippen molar-refractivity contribution in [1.29, 1.82) is 0 Å². The van der Waals surface area contributed by atoms with Crippen molar-refractivity contribution in [2.75, 3.05) is 25.6 Å². The van der Waals surface area contributed by atoms with E-state index in [1.807, 2.05) is 18.2 Å². The number of amides is 4. The summed E-state index contributed by atoms with van der Waals surface area (Å²) >= 11 is 6.04. The largest absolute Gasteiger partial charge is 0.326 e. The molecular weight excluding hydrogens is 380 g/mol. The Balaban J connectivity index is 1.63. The van der Waals surface area contributed by atoms with E-state index in [-0.39, 0.29) is 25.0 Å². The van der Waals surface area contributed by atoms with Crippen LogP contribution >= 0.6 is 11.6 Å². The highest BCUT2D eigenvalue weighted by Gasteiger charge is 2.49. The summed E-state index contributed by atoms with van der Waals surface area (Å²) in [4.78, 5) is 40.2. The smallest absolute Gasteiger partial charge is 0.324 e. The summed E-state index contributed by atoms with van der Waals surface area (Å²) in [5, 5.41) is 5.90. The molecule has 0 aromatic heterocycles. The van der Waals surface area contributed by atoms with Crippen molar-refractivity contribution in [3.8, 4) is 0 Å². The lowest BCUT2D eigenvalue weighted by atomic mass is 9.92. The average molecular weight is 401 g/mol. The fraction of sp³-hybridized carbons (Fsp3) is 0.250. The van der Waals surface area contributed by atoms with Crippen molar-refractivity contribution in [2.45, 2.75) is 12.5 Å². The molecule has 1 aliphatic heterocycles. The van der Waals surface area contributed by atoms with Crippen LogP contribution < -0.4 is 10.6 Å². The first-order chi connectivity index (χ1) is 13.3. The number of imide groups is 1. The molecule has 0 spiro atoms. The third-order valence-electron chi connectivity index (χ3n) is 4.57. The molecule has 146 valence electrons. The zero-order valence-corrected chi connectivity index (χ0v) is 16.4. The van der Waals surface area contributed by atoms with Crippen LogP contribution in [-0.4, -0.2) is 47.9 Å². The zero-order valence-electron chi connectivity index (χ0n) is 15.6. The van der Waals surface area contributed by atoms with Crippen LogP contribution in [0.3, 0.4) is 0 Å². The number of benzene rings is 2. The fourth-order valence-electron chi connectivity index (χ4n) is 3.08. The average Bonchev–Trinajstić information content (AvgIpc) is 2.88. The molecular formula is C20H21ClN4O3. The van der Waals surface area contributed by atoms with Crippen molar-refractivity contribution in [3.05, 3.63) is 65.2 Å². The number of anilines is 1. The first-order valence-corrected chi connectivity index (χ1v) is 9.11. The standard InChI is InChI=1S/C20H21ClN4O3/c1-20(14-8-4-3-5-9-14)18(27)25(19(28)23-20)13-24(2)12-17(26)22-16-11-7-6-10-15(16)21/h3-11H,12-13H2,1-2H3,(H,22,26)(H,23,28)/t20-/m0/s1. The van der Waals surface area contributed by atoms with Gasteiger partial charge in [-0.2, -0.15) is 0 Å². The molecule has 28 heavy (non-hydrogen) atoms. The lowest BCUT2D eigenvalue weighted by molar-refractivity contribution is -0.133. The van der Waals surface area contributed by atoms with Crippen molar-refractivity contribution < 1.29 is 14.4 Å². The van der Waals surface area contributed by atoms with Crippen molar-refractivity contribution in [2.24, 2.45) is 0 Å². The second-order valence-corrected chi connectivity index (χ2v) is 7.25. The number of urea groups is 1. The van der Waals surface area contributed by atoms with E-state index in [1.54, 1.807) is 55.3 Å². The Hall–Kier alpha value is -2.90. The van der Waals surface area contributed by atoms with Crippen molar-refractivity contribution in [1.82, 2.24) is 15.1 Å². The van der Waals surface area contributed by atoms with Gasteiger partial charge in [0.25, 0.3) is 5.91 Å². The van der Waals surface area contributed by atoms with E-state index in [9.17, 15) is 14.4 Å². The topological polar surface area (TPSA) is 81.8 Å². The van der Waals surface area contributed by atoms with Crippen molar-refractivity contribution in [3.63, 3.8) is 0 Å². The number of para-hydroxylation sites is 1. The van der Waals surface area contributed by atoms with Gasteiger partial charge in [0.1, 0.15) is 5.54 Å². The Morgan fingerprint density at radius 3 is 2.46 bits per heavy atom. The summed E-state index contributed by atoms with van der Waals surface area (Å²) in [6, 6.07) is 15.5. The molecule has 7 nitrogen and oxygen atoms in total. The van der Waals surface area contributed by atoms with E-state index in [4.69, 9.17) is 11.6 Å². The number of nitrogens with one attached hydrogen (secondary N) is 2. The predicted molar refractivity (Wildman–Crippen MR) is 107 cm³/mol. The highest BCUT2D eigenvalue weighted by Crippen LogP contribution is 2.28. The minimum atomic E-state index is -1.13. The number of rotatable bonds is 6. The van der Waals surface area contributed by atoms with Gasteiger partial charge in [0.15, 0.2) is 0 Å². The van der Waals surface area contributed by atoms with Crippen LogP contribution in [-0.2, 0) is 15.1 Å². The van der Waals surface area contributed by atoms with Gasteiger partial charge >= 0.3 is 6.03 Å². The number of nitrogens with zero attached hydrogens (tertiary/aromatic N) is 2. The molecule has 0 radical (unpaired) electrons. The van der Waals surface area contributed by atoms with Gasteiger partial charge in [0, 0.05) is 0 Å². The van der Waals surface area contributed by atoms with Gasteiger partial charge in [0.05, 0.1) is 23.9 Å². The molecule has 8 heteroatoms. The maximum atomic E-state index is 12.9. The molecule has 3 rings (SSSR count). The Morgan fingerprint density at radius 2 is 1.79 bits per heavy atom. The highest BCUT2D eigenvalue weighted by atomic mass is 35.5. The quantitative estimate of drug-likeness (QED) is 0.730. The lowest BCUT2D eigenvalue weighted by Gasteiger charge is -2.24. The van der Waals surface area contributed by atoms with E-state index < -0.39 is 11.6 Å². The van der Waals surface area contributed by atoms with Gasteiger partial charge in [-0.3, -0.25) is 14.5 Å². The number of carbonyl (C=O) groups is 3. The monoisotopic (exact) mass is 400 g/mol. The van der Waals surface area contributed by atoms with Crippen LogP contribution in [0.15, 0.2) is 54.6 Å². The molecule has 0 saturated carbocycles. The van der Waals surface area contributed by atoms with Gasteiger partial charge in [-0.1, -0.05) is 54.1 Å². The van der Waals surface area contributed by atoms with Crippen molar-refractivity contribution >= 4 is 35.1 Å². The number of likely N-dealkylation sites (N-methyl/N-ethyl adjacent to an activating group) is 1. The third-order valence-corrected chi connectivity index (χ3v) is 4.90.